The van der Waals surface area contributed by atoms with Crippen molar-refractivity contribution in [3.05, 3.63) is 246 Å². The van der Waals surface area contributed by atoms with Gasteiger partial charge < -0.3 is 19.7 Å². The Labute approximate surface area is 390 Å². The Morgan fingerprint density at radius 3 is 1.01 bits per heavy atom. The number of hydrogen-bond donors (Lipinski definition) is 2. The van der Waals surface area contributed by atoms with Crippen molar-refractivity contribution in [1.82, 2.24) is 0 Å². The van der Waals surface area contributed by atoms with Crippen molar-refractivity contribution in [3.63, 3.8) is 0 Å². The smallest absolute Gasteiger partial charge is 0.269 e. The van der Waals surface area contributed by atoms with Crippen LogP contribution in [0.25, 0.3) is 0 Å². The van der Waals surface area contributed by atoms with E-state index >= 15 is 0 Å². The molecule has 14 heteroatoms. The highest BCUT2D eigenvalue weighted by Crippen LogP contribution is 2.41. The summed E-state index contributed by atoms with van der Waals surface area (Å²) in [5.41, 5.74) is 8.75. The molecule has 0 heterocycles. The van der Waals surface area contributed by atoms with Gasteiger partial charge in [-0.3, -0.25) is 20.2 Å². The highest BCUT2D eigenvalue weighted by atomic mass is 16.6. The lowest BCUT2D eigenvalue weighted by Gasteiger charge is -2.21. The van der Waals surface area contributed by atoms with Crippen LogP contribution in [0.2, 0.25) is 0 Å². The number of hydrogen-bond acceptors (Lipinski definition) is 12. The molecule has 2 N–H and O–H groups in total. The van der Waals surface area contributed by atoms with Crippen LogP contribution in [0.1, 0.15) is 55.6 Å². The normalized spacial score (nSPS) is 12.2. The average Bonchev–Trinajstić information content (AvgIpc) is 3.35. The van der Waals surface area contributed by atoms with Gasteiger partial charge in [0.2, 0.25) is 0 Å². The Morgan fingerprint density at radius 2 is 0.706 bits per heavy atom. The van der Waals surface area contributed by atoms with E-state index in [2.05, 4.69) is 20.5 Å². The molecule has 0 atom stereocenters. The maximum absolute atomic E-state index is 12.3. The Hall–Kier alpha value is -9.04. The van der Waals surface area contributed by atoms with E-state index in [9.17, 15) is 30.4 Å². The van der Waals surface area contributed by atoms with Gasteiger partial charge in [0.1, 0.15) is 36.2 Å². The molecule has 8 aromatic rings. The molecule has 1 aliphatic carbocycles. The lowest BCUT2D eigenvalue weighted by molar-refractivity contribution is -0.385. The van der Waals surface area contributed by atoms with Crippen LogP contribution in [-0.2, 0) is 38.9 Å². The summed E-state index contributed by atoms with van der Waals surface area (Å²) in [7, 11) is 0. The van der Waals surface area contributed by atoms with Crippen molar-refractivity contribution in [2.75, 3.05) is 0 Å². The van der Waals surface area contributed by atoms with Crippen LogP contribution in [0.5, 0.6) is 23.0 Å². The molecule has 1 aliphatic rings. The van der Waals surface area contributed by atoms with Crippen molar-refractivity contribution in [2.45, 2.75) is 38.9 Å². The van der Waals surface area contributed by atoms with Gasteiger partial charge in [-0.15, -0.1) is 0 Å². The van der Waals surface area contributed by atoms with E-state index in [0.717, 1.165) is 33.4 Å². The minimum atomic E-state index is -0.475. The van der Waals surface area contributed by atoms with Gasteiger partial charge in [-0.2, -0.15) is 20.5 Å². The second kappa shape index (κ2) is 20.0. The first kappa shape index (κ1) is 44.2. The molecule has 0 amide bonds. The molecule has 8 aromatic carbocycles. The van der Waals surface area contributed by atoms with E-state index < -0.39 is 9.85 Å². The number of non-ortho nitro benzene ring substituents is 2. The van der Waals surface area contributed by atoms with Gasteiger partial charge in [0.05, 0.1) is 32.6 Å². The molecule has 0 aliphatic heterocycles. The van der Waals surface area contributed by atoms with Crippen molar-refractivity contribution in [2.24, 2.45) is 20.5 Å². The fraction of sp³-hybridized carbons (Fsp3) is 0.111. The second-order valence-corrected chi connectivity index (χ2v) is 16.2. The van der Waals surface area contributed by atoms with Crippen LogP contribution in [0.3, 0.4) is 0 Å². The molecule has 0 aromatic heterocycles. The van der Waals surface area contributed by atoms with E-state index in [1.807, 2.05) is 97.1 Å². The van der Waals surface area contributed by atoms with Gasteiger partial charge in [0.25, 0.3) is 11.4 Å². The highest BCUT2D eigenvalue weighted by molar-refractivity contribution is 5.61. The number of benzene rings is 8. The number of azo groups is 2. The predicted octanol–water partition coefficient (Wildman–Crippen LogP) is 13.6. The molecule has 14 nitrogen and oxygen atoms in total. The Balaban J connectivity index is 1.20. The average molecular weight is 903 g/mol. The molecule has 336 valence electrons. The topological polar surface area (TPSA) is 195 Å². The molecule has 0 fully saturated rings. The van der Waals surface area contributed by atoms with Crippen LogP contribution < -0.4 is 9.47 Å². The first-order valence-electron chi connectivity index (χ1n) is 21.7. The number of aromatic hydroxyl groups is 2. The molecule has 9 rings (SSSR count). The van der Waals surface area contributed by atoms with Crippen molar-refractivity contribution in [3.8, 4) is 23.0 Å². The van der Waals surface area contributed by atoms with E-state index in [-0.39, 0.29) is 61.8 Å². The van der Waals surface area contributed by atoms with E-state index in [1.165, 1.54) is 48.5 Å². The molecule has 8 bridgehead atoms. The molecule has 0 saturated carbocycles. The number of fused-ring (bicyclic) bond motifs is 8. The van der Waals surface area contributed by atoms with Gasteiger partial charge in [0, 0.05) is 72.2 Å². The first-order valence-corrected chi connectivity index (χ1v) is 21.7. The molecule has 0 radical (unpaired) electrons. The number of nitro groups is 2. The Morgan fingerprint density at radius 1 is 0.397 bits per heavy atom. The summed E-state index contributed by atoms with van der Waals surface area (Å²) in [5, 5.41) is 65.1. The minimum Gasteiger partial charge on any atom is -0.507 e. The Kier molecular flexibility index (Phi) is 13.0. The summed E-state index contributed by atoms with van der Waals surface area (Å²) in [6, 6.07) is 49.8. The largest absolute Gasteiger partial charge is 0.507 e. The maximum atomic E-state index is 12.3. The van der Waals surface area contributed by atoms with Gasteiger partial charge >= 0.3 is 0 Å². The van der Waals surface area contributed by atoms with Crippen LogP contribution in [0, 0.1) is 20.2 Å². The number of phenolic OH excluding ortho intramolecular Hbond substituents is 2. The standard InChI is InChI=1S/C54H42N6O8/c61-51-41-25-37-13-7-14-38(53(37)67-33-35-9-3-1-4-10-35)26-42-30-48(58-56-46-19-23-50(24-20-46)60(65)66)32-44(52(42)62)28-40-16-8-15-39(54(40)68-34-36-11-5-2-6-12-36)27-43(51)31-47(29-41)57-55-45-17-21-49(22-18-45)59(63)64/h1-24,29-32,61-62H,25-28,33-34H2. The number of nitrogens with zero attached hydrogens (tertiary/aromatic N) is 6. The number of nitro benzene ring substituents is 2. The predicted molar refractivity (Wildman–Crippen MR) is 256 cm³/mol. The fourth-order valence-corrected chi connectivity index (χ4v) is 8.13. The lowest BCUT2D eigenvalue weighted by atomic mass is 9.91. The van der Waals surface area contributed by atoms with E-state index in [4.69, 9.17) is 9.47 Å². The maximum Gasteiger partial charge on any atom is 0.269 e. The molecule has 68 heavy (non-hydrogen) atoms. The summed E-state index contributed by atoms with van der Waals surface area (Å²) < 4.78 is 13.4. The third-order valence-electron chi connectivity index (χ3n) is 11.5. The summed E-state index contributed by atoms with van der Waals surface area (Å²) in [6.45, 7) is 0.486. The molecular formula is C54H42N6O8. The number of phenols is 2. The van der Waals surface area contributed by atoms with Crippen molar-refractivity contribution in [1.29, 1.82) is 0 Å². The monoisotopic (exact) mass is 902 g/mol. The van der Waals surface area contributed by atoms with Gasteiger partial charge in [0.15, 0.2) is 0 Å². The van der Waals surface area contributed by atoms with Crippen LogP contribution in [0.4, 0.5) is 34.1 Å². The first-order chi connectivity index (χ1) is 33.1. The zero-order valence-electron chi connectivity index (χ0n) is 36.4. The van der Waals surface area contributed by atoms with Crippen molar-refractivity contribution < 1.29 is 29.5 Å². The lowest BCUT2D eigenvalue weighted by Crippen LogP contribution is -2.06. The Bertz CT molecular complexity index is 2890. The van der Waals surface area contributed by atoms with Crippen LogP contribution in [-0.4, -0.2) is 20.1 Å². The van der Waals surface area contributed by atoms with Crippen molar-refractivity contribution >= 4 is 34.1 Å². The summed E-state index contributed by atoms with van der Waals surface area (Å²) >= 11 is 0. The quantitative estimate of drug-likeness (QED) is 0.0686. The molecule has 0 spiro atoms. The van der Waals surface area contributed by atoms with Gasteiger partial charge in [-0.25, -0.2) is 0 Å². The van der Waals surface area contributed by atoms with Gasteiger partial charge in [-0.05, 0) is 81.9 Å². The zero-order chi connectivity index (χ0) is 47.0. The summed E-state index contributed by atoms with van der Waals surface area (Å²) in [5.74, 6) is 1.28. The van der Waals surface area contributed by atoms with Crippen LogP contribution >= 0.6 is 0 Å². The minimum absolute atomic E-state index is 0.0640. The number of para-hydroxylation sites is 2. The second-order valence-electron chi connectivity index (χ2n) is 16.2. The highest BCUT2D eigenvalue weighted by Gasteiger charge is 2.22. The fourth-order valence-electron chi connectivity index (χ4n) is 8.13. The van der Waals surface area contributed by atoms with E-state index in [0.29, 0.717) is 56.5 Å². The molecule has 0 saturated heterocycles. The zero-order valence-corrected chi connectivity index (χ0v) is 36.4. The van der Waals surface area contributed by atoms with Gasteiger partial charge in [-0.1, -0.05) is 97.1 Å². The third kappa shape index (κ3) is 10.4. The van der Waals surface area contributed by atoms with Crippen LogP contribution in [0.15, 0.2) is 190 Å². The number of ether oxygens (including phenoxy) is 2. The van der Waals surface area contributed by atoms with E-state index in [1.54, 1.807) is 24.3 Å². The molecular weight excluding hydrogens is 861 g/mol. The number of rotatable bonds is 12. The molecule has 0 unspecified atom stereocenters. The SMILES string of the molecule is O=[N+]([O-])c1ccc(N=Nc2cc3c(O)c(c2)Cc2cccc(c2OCc2ccccc2)Cc2cc(N=Nc4ccc([N+](=O)[O-])cc4)cc(c2O)Cc2cccc(c2OCc2ccccc2)C3)cc1. The summed E-state index contributed by atoms with van der Waals surface area (Å²) in [4.78, 5) is 21.7. The summed E-state index contributed by atoms with van der Waals surface area (Å²) in [6.07, 6.45) is 0.872. The third-order valence-corrected chi connectivity index (χ3v) is 11.5.